The van der Waals surface area contributed by atoms with E-state index in [1.165, 1.54) is 0 Å². The van der Waals surface area contributed by atoms with Crippen LogP contribution in [0.15, 0.2) is 0 Å². The van der Waals surface area contributed by atoms with Gasteiger partial charge in [-0.25, -0.2) is 4.79 Å². The molecule has 0 aromatic heterocycles. The number of ether oxygens (including phenoxy) is 1. The van der Waals surface area contributed by atoms with Crippen molar-refractivity contribution in [2.24, 2.45) is 0 Å². The molecule has 1 heterocycles. The van der Waals surface area contributed by atoms with Crippen molar-refractivity contribution in [1.29, 1.82) is 0 Å². The zero-order chi connectivity index (χ0) is 12.9. The molecule has 1 aliphatic heterocycles. The zero-order valence-electron chi connectivity index (χ0n) is 8.04. The fraction of sp³-hybridized carbons (Fsp3) is 0.857. The van der Waals surface area contributed by atoms with Gasteiger partial charge >= 0.3 is 6.16 Å². The van der Waals surface area contributed by atoms with Crippen LogP contribution < -0.4 is 0 Å². The van der Waals surface area contributed by atoms with E-state index in [2.05, 4.69) is 4.74 Å². The maximum atomic E-state index is 9.12. The average molecular weight is 242 g/mol. The van der Waals surface area contributed by atoms with Crippen molar-refractivity contribution in [3.8, 4) is 0 Å². The first kappa shape index (κ1) is 15.0. The molecule has 0 saturated carbocycles. The molecule has 0 amide bonds. The van der Waals surface area contributed by atoms with Gasteiger partial charge in [0.05, 0.1) is 6.61 Å². The van der Waals surface area contributed by atoms with Gasteiger partial charge in [-0.3, -0.25) is 0 Å². The molecule has 0 aromatic rings. The van der Waals surface area contributed by atoms with Crippen LogP contribution in [0.2, 0.25) is 0 Å². The summed E-state index contributed by atoms with van der Waals surface area (Å²) < 4.78 is 4.58. The second-order valence-electron chi connectivity index (χ2n) is 3.00. The normalized spacial score (nSPS) is 38.4. The highest BCUT2D eigenvalue weighted by Gasteiger charge is 2.42. The lowest BCUT2D eigenvalue weighted by Gasteiger charge is -2.37. The Morgan fingerprint density at radius 1 is 1.00 bits per heavy atom. The number of hydrogen-bond donors (Lipinski definition) is 7. The Bertz CT molecular complexity index is 211. The van der Waals surface area contributed by atoms with Crippen LogP contribution in [0.25, 0.3) is 0 Å². The minimum absolute atomic E-state index is 0.526. The summed E-state index contributed by atoms with van der Waals surface area (Å²) in [7, 11) is 0. The number of carbonyl (C=O) groups is 1. The summed E-state index contributed by atoms with van der Waals surface area (Å²) in [6.07, 6.45) is -8.87. The Morgan fingerprint density at radius 3 is 1.81 bits per heavy atom. The molecule has 1 rings (SSSR count). The maximum absolute atomic E-state index is 9.12. The lowest BCUT2D eigenvalue weighted by atomic mass is 10.00. The third-order valence-corrected chi connectivity index (χ3v) is 1.87. The molecule has 9 heteroatoms. The van der Waals surface area contributed by atoms with Crippen molar-refractivity contribution in [2.45, 2.75) is 30.7 Å². The van der Waals surface area contributed by atoms with Crippen molar-refractivity contribution >= 4 is 6.16 Å². The highest BCUT2D eigenvalue weighted by molar-refractivity contribution is 5.53. The smallest absolute Gasteiger partial charge is 0.450 e. The van der Waals surface area contributed by atoms with E-state index >= 15 is 0 Å². The molecule has 0 radical (unpaired) electrons. The van der Waals surface area contributed by atoms with Crippen molar-refractivity contribution in [3.63, 3.8) is 0 Å². The quantitative estimate of drug-likeness (QED) is 0.253. The van der Waals surface area contributed by atoms with E-state index in [0.29, 0.717) is 0 Å². The summed E-state index contributed by atoms with van der Waals surface area (Å²) in [5.41, 5.74) is 0. The molecule has 1 unspecified atom stereocenters. The molecular weight excluding hydrogens is 228 g/mol. The Hall–Kier alpha value is -0.970. The Balaban J connectivity index is 0.000000487. The summed E-state index contributed by atoms with van der Waals surface area (Å²) in [4.78, 5) is 8.56. The monoisotopic (exact) mass is 242 g/mol. The SMILES string of the molecule is O=C(O)O.OC[C@H]1OC(O)[C@H](O)[C@@H](O)[C@@H]1O. The molecule has 1 aliphatic rings. The van der Waals surface area contributed by atoms with Gasteiger partial charge in [0.15, 0.2) is 6.29 Å². The summed E-state index contributed by atoms with van der Waals surface area (Å²) in [5, 5.41) is 58.6. The summed E-state index contributed by atoms with van der Waals surface area (Å²) in [5.74, 6) is 0. The summed E-state index contributed by atoms with van der Waals surface area (Å²) >= 11 is 0. The van der Waals surface area contributed by atoms with Crippen molar-refractivity contribution < 1.29 is 45.3 Å². The van der Waals surface area contributed by atoms with Gasteiger partial charge in [-0.1, -0.05) is 0 Å². The van der Waals surface area contributed by atoms with Gasteiger partial charge in [-0.2, -0.15) is 0 Å². The van der Waals surface area contributed by atoms with E-state index in [0.717, 1.165) is 0 Å². The number of aliphatic hydroxyl groups excluding tert-OH is 5. The van der Waals surface area contributed by atoms with E-state index in [1.54, 1.807) is 0 Å². The number of hydrogen-bond acceptors (Lipinski definition) is 7. The van der Waals surface area contributed by atoms with E-state index in [-0.39, 0.29) is 0 Å². The van der Waals surface area contributed by atoms with Gasteiger partial charge in [0.25, 0.3) is 0 Å². The molecule has 0 spiro atoms. The van der Waals surface area contributed by atoms with Crippen LogP contribution >= 0.6 is 0 Å². The van der Waals surface area contributed by atoms with Gasteiger partial charge in [0.2, 0.25) is 0 Å². The standard InChI is InChI=1S/C6H12O6.CH2O3/c7-1-2-3(8)4(9)5(10)6(11)12-2;2-1(3)4/h2-11H,1H2;(H2,2,3,4)/t2-,3-,4+,5-,6?;/m1./s1. The number of aliphatic hydroxyl groups is 5. The van der Waals surface area contributed by atoms with Crippen LogP contribution in [0.4, 0.5) is 4.79 Å². The second kappa shape index (κ2) is 6.58. The molecule has 96 valence electrons. The van der Waals surface area contributed by atoms with Crippen molar-refractivity contribution in [3.05, 3.63) is 0 Å². The number of rotatable bonds is 1. The topological polar surface area (TPSA) is 168 Å². The van der Waals surface area contributed by atoms with Crippen LogP contribution in [0.5, 0.6) is 0 Å². The van der Waals surface area contributed by atoms with Gasteiger partial charge < -0.3 is 40.5 Å². The van der Waals surface area contributed by atoms with Gasteiger partial charge in [0, 0.05) is 0 Å². The predicted molar refractivity (Wildman–Crippen MR) is 46.6 cm³/mol. The van der Waals surface area contributed by atoms with Crippen molar-refractivity contribution in [2.75, 3.05) is 6.61 Å². The van der Waals surface area contributed by atoms with Crippen LogP contribution in [-0.4, -0.2) is 79.2 Å². The molecule has 1 fully saturated rings. The fourth-order valence-corrected chi connectivity index (χ4v) is 1.08. The zero-order valence-corrected chi connectivity index (χ0v) is 8.04. The molecule has 1 saturated heterocycles. The molecule has 0 aromatic carbocycles. The summed E-state index contributed by atoms with van der Waals surface area (Å²) in [6, 6.07) is 0. The Kier molecular flexibility index (Phi) is 6.18. The van der Waals surface area contributed by atoms with Crippen LogP contribution in [0.1, 0.15) is 0 Å². The van der Waals surface area contributed by atoms with Gasteiger partial charge in [-0.15, -0.1) is 0 Å². The molecule has 16 heavy (non-hydrogen) atoms. The van der Waals surface area contributed by atoms with Crippen LogP contribution in [-0.2, 0) is 4.74 Å². The number of carboxylic acid groups (broad SMARTS) is 2. The molecular formula is C7H14O9. The fourth-order valence-electron chi connectivity index (χ4n) is 1.08. The average Bonchev–Trinajstić information content (AvgIpc) is 2.19. The largest absolute Gasteiger partial charge is 0.503 e. The third kappa shape index (κ3) is 4.26. The van der Waals surface area contributed by atoms with E-state index in [4.69, 9.17) is 40.5 Å². The first-order chi connectivity index (χ1) is 7.31. The van der Waals surface area contributed by atoms with Gasteiger partial charge in [-0.05, 0) is 0 Å². The highest BCUT2D eigenvalue weighted by Crippen LogP contribution is 2.18. The first-order valence-corrected chi connectivity index (χ1v) is 4.21. The van der Waals surface area contributed by atoms with Gasteiger partial charge in [0.1, 0.15) is 24.4 Å². The van der Waals surface area contributed by atoms with Crippen molar-refractivity contribution in [1.82, 2.24) is 0 Å². The lowest BCUT2D eigenvalue weighted by Crippen LogP contribution is -2.58. The Morgan fingerprint density at radius 2 is 1.44 bits per heavy atom. The molecule has 0 aliphatic carbocycles. The molecule has 9 nitrogen and oxygen atoms in total. The van der Waals surface area contributed by atoms with E-state index in [1.807, 2.05) is 0 Å². The first-order valence-electron chi connectivity index (χ1n) is 4.21. The lowest BCUT2D eigenvalue weighted by molar-refractivity contribution is -0.286. The van der Waals surface area contributed by atoms with E-state index < -0.39 is 43.5 Å². The minimum Gasteiger partial charge on any atom is -0.450 e. The maximum Gasteiger partial charge on any atom is 0.503 e. The van der Waals surface area contributed by atoms with Crippen LogP contribution in [0, 0.1) is 0 Å². The van der Waals surface area contributed by atoms with E-state index in [9.17, 15) is 0 Å². The molecule has 7 N–H and O–H groups in total. The summed E-state index contributed by atoms with van der Waals surface area (Å²) in [6.45, 7) is -0.526. The Labute approximate surface area is 89.8 Å². The third-order valence-electron chi connectivity index (χ3n) is 1.87. The van der Waals surface area contributed by atoms with Crippen LogP contribution in [0.3, 0.4) is 0 Å². The minimum atomic E-state index is -1.83. The molecule has 0 bridgehead atoms. The highest BCUT2D eigenvalue weighted by atomic mass is 16.6. The second-order valence-corrected chi connectivity index (χ2v) is 3.00. The predicted octanol–water partition coefficient (Wildman–Crippen LogP) is -3.00. The molecule has 5 atom stereocenters.